The minimum absolute atomic E-state index is 0.0289. The van der Waals surface area contributed by atoms with Gasteiger partial charge < -0.3 is 4.74 Å². The van der Waals surface area contributed by atoms with Gasteiger partial charge in [0.25, 0.3) is 5.91 Å². The molecule has 0 unspecified atom stereocenters. The molecular formula is C15H19ClFNO4S. The topological polar surface area (TPSA) is 72.5 Å². The highest BCUT2D eigenvalue weighted by Gasteiger charge is 2.23. The second-order valence-electron chi connectivity index (χ2n) is 5.97. The Morgan fingerprint density at radius 1 is 1.30 bits per heavy atom. The third kappa shape index (κ3) is 5.07. The summed E-state index contributed by atoms with van der Waals surface area (Å²) < 4.78 is 43.6. The number of rotatable bonds is 4. The van der Waals surface area contributed by atoms with Crippen LogP contribution in [0.25, 0.3) is 0 Å². The van der Waals surface area contributed by atoms with Gasteiger partial charge in [-0.25, -0.2) is 17.5 Å². The van der Waals surface area contributed by atoms with Gasteiger partial charge in [-0.3, -0.25) is 4.79 Å². The molecule has 0 saturated heterocycles. The first-order valence-electron chi connectivity index (χ1n) is 7.33. The third-order valence-corrected chi connectivity index (χ3v) is 4.65. The van der Waals surface area contributed by atoms with Crippen LogP contribution in [0, 0.1) is 11.7 Å². The molecule has 0 heterocycles. The smallest absolute Gasteiger partial charge is 0.267 e. The molecule has 1 fully saturated rings. The Morgan fingerprint density at radius 3 is 2.48 bits per heavy atom. The summed E-state index contributed by atoms with van der Waals surface area (Å²) in [5, 5.41) is 0.0728. The lowest BCUT2D eigenvalue weighted by molar-refractivity contribution is 0.0977. The SMILES string of the molecule is CS(=O)(=O)NC(=O)c1cc(Cl)c(O[C@H]2CC[C@@H](C)CC2)cc1F. The van der Waals surface area contributed by atoms with Gasteiger partial charge in [0.1, 0.15) is 11.6 Å². The van der Waals surface area contributed by atoms with E-state index >= 15 is 0 Å². The van der Waals surface area contributed by atoms with Crippen molar-refractivity contribution in [2.75, 3.05) is 6.26 Å². The molecule has 0 radical (unpaired) electrons. The van der Waals surface area contributed by atoms with Gasteiger partial charge in [-0.1, -0.05) is 18.5 Å². The molecule has 1 aromatic rings. The molecule has 1 N–H and O–H groups in total. The number of hydrogen-bond acceptors (Lipinski definition) is 4. The van der Waals surface area contributed by atoms with Gasteiger partial charge in [0.2, 0.25) is 10.0 Å². The van der Waals surface area contributed by atoms with Crippen LogP contribution in [0.1, 0.15) is 43.0 Å². The Kier molecular flexibility index (Phi) is 5.52. The molecule has 0 atom stereocenters. The third-order valence-electron chi connectivity index (χ3n) is 3.80. The zero-order chi connectivity index (χ0) is 17.2. The van der Waals surface area contributed by atoms with Crippen molar-refractivity contribution in [2.45, 2.75) is 38.7 Å². The highest BCUT2D eigenvalue weighted by atomic mass is 35.5. The van der Waals surface area contributed by atoms with E-state index in [-0.39, 0.29) is 16.9 Å². The predicted molar refractivity (Wildman–Crippen MR) is 85.8 cm³/mol. The molecule has 1 aromatic carbocycles. The first-order chi connectivity index (χ1) is 10.7. The summed E-state index contributed by atoms with van der Waals surface area (Å²) in [4.78, 5) is 11.7. The van der Waals surface area contributed by atoms with E-state index in [2.05, 4.69) is 6.92 Å². The molecule has 8 heteroatoms. The summed E-state index contributed by atoms with van der Waals surface area (Å²) in [6.07, 6.45) is 4.61. The van der Waals surface area contributed by atoms with Gasteiger partial charge in [-0.2, -0.15) is 0 Å². The number of hydrogen-bond donors (Lipinski definition) is 1. The van der Waals surface area contributed by atoms with E-state index in [1.807, 2.05) is 0 Å². The van der Waals surface area contributed by atoms with Crippen LogP contribution >= 0.6 is 11.6 Å². The highest BCUT2D eigenvalue weighted by Crippen LogP contribution is 2.32. The van der Waals surface area contributed by atoms with Crippen molar-refractivity contribution in [3.8, 4) is 5.75 Å². The number of nitrogens with one attached hydrogen (secondary N) is 1. The number of sulfonamides is 1. The van der Waals surface area contributed by atoms with Crippen molar-refractivity contribution in [3.63, 3.8) is 0 Å². The molecule has 0 bridgehead atoms. The molecule has 0 aromatic heterocycles. The molecule has 2 rings (SSSR count). The molecule has 0 spiro atoms. The predicted octanol–water partition coefficient (Wildman–Crippen LogP) is 3.13. The minimum atomic E-state index is -3.78. The zero-order valence-electron chi connectivity index (χ0n) is 12.9. The van der Waals surface area contributed by atoms with E-state index < -0.39 is 27.3 Å². The van der Waals surface area contributed by atoms with E-state index in [0.29, 0.717) is 5.92 Å². The summed E-state index contributed by atoms with van der Waals surface area (Å²) in [6.45, 7) is 2.18. The largest absolute Gasteiger partial charge is 0.489 e. The Balaban J connectivity index is 2.15. The van der Waals surface area contributed by atoms with E-state index in [9.17, 15) is 17.6 Å². The van der Waals surface area contributed by atoms with E-state index in [1.165, 1.54) is 0 Å². The fourth-order valence-corrected chi connectivity index (χ4v) is 3.20. The van der Waals surface area contributed by atoms with Crippen LogP contribution in [-0.2, 0) is 10.0 Å². The number of amides is 1. The van der Waals surface area contributed by atoms with Crippen LogP contribution in [0.2, 0.25) is 5.02 Å². The second-order valence-corrected chi connectivity index (χ2v) is 8.12. The van der Waals surface area contributed by atoms with Gasteiger partial charge in [0.15, 0.2) is 0 Å². The van der Waals surface area contributed by atoms with Gasteiger partial charge in [0.05, 0.1) is 22.9 Å². The number of halogens is 2. The standard InChI is InChI=1S/C15H19ClFNO4S/c1-9-3-5-10(6-4-9)22-14-8-13(17)11(7-12(14)16)15(19)18-23(2,20)21/h7-10H,3-6H2,1-2H3,(H,18,19)/t9-,10+. The molecular weight excluding hydrogens is 345 g/mol. The molecule has 0 aliphatic heterocycles. The van der Waals surface area contributed by atoms with Crippen molar-refractivity contribution < 1.29 is 22.3 Å². The summed E-state index contributed by atoms with van der Waals surface area (Å²) in [5.74, 6) is -1.12. The van der Waals surface area contributed by atoms with E-state index in [4.69, 9.17) is 16.3 Å². The monoisotopic (exact) mass is 363 g/mol. The number of benzene rings is 1. The van der Waals surface area contributed by atoms with E-state index in [1.54, 1.807) is 4.72 Å². The minimum Gasteiger partial charge on any atom is -0.489 e. The van der Waals surface area contributed by atoms with Crippen LogP contribution in [-0.4, -0.2) is 26.7 Å². The van der Waals surface area contributed by atoms with Gasteiger partial charge in [0, 0.05) is 6.07 Å². The molecule has 1 amide bonds. The number of carbonyl (C=O) groups is 1. The van der Waals surface area contributed by atoms with Crippen molar-refractivity contribution in [1.82, 2.24) is 4.72 Å². The first-order valence-corrected chi connectivity index (χ1v) is 9.60. The van der Waals surface area contributed by atoms with E-state index in [0.717, 1.165) is 44.1 Å². The lowest BCUT2D eigenvalue weighted by atomic mass is 9.89. The van der Waals surface area contributed by atoms with Crippen LogP contribution in [0.3, 0.4) is 0 Å². The molecule has 1 saturated carbocycles. The maximum Gasteiger partial charge on any atom is 0.267 e. The van der Waals surface area contributed by atoms with Crippen LogP contribution < -0.4 is 9.46 Å². The van der Waals surface area contributed by atoms with Crippen LogP contribution in [0.5, 0.6) is 5.75 Å². The number of carbonyl (C=O) groups excluding carboxylic acids is 1. The maximum absolute atomic E-state index is 14.1. The quantitative estimate of drug-likeness (QED) is 0.892. The average molecular weight is 364 g/mol. The first kappa shape index (κ1) is 18.0. The Bertz CT molecular complexity index is 700. The number of ether oxygens (including phenoxy) is 1. The van der Waals surface area contributed by atoms with Gasteiger partial charge >= 0.3 is 0 Å². The molecule has 1 aliphatic rings. The Hall–Kier alpha value is -1.34. The average Bonchev–Trinajstić information content (AvgIpc) is 2.43. The second kappa shape index (κ2) is 7.05. The van der Waals surface area contributed by atoms with Crippen molar-refractivity contribution >= 4 is 27.5 Å². The van der Waals surface area contributed by atoms with Crippen LogP contribution in [0.15, 0.2) is 12.1 Å². The normalized spacial score (nSPS) is 21.7. The van der Waals surface area contributed by atoms with Crippen molar-refractivity contribution in [3.05, 3.63) is 28.5 Å². The van der Waals surface area contributed by atoms with Gasteiger partial charge in [-0.05, 0) is 37.7 Å². The highest BCUT2D eigenvalue weighted by molar-refractivity contribution is 7.89. The molecule has 1 aliphatic carbocycles. The Labute approximate surface area is 140 Å². The molecule has 128 valence electrons. The van der Waals surface area contributed by atoms with Crippen molar-refractivity contribution in [1.29, 1.82) is 0 Å². The Morgan fingerprint density at radius 2 is 1.91 bits per heavy atom. The fraction of sp³-hybridized carbons (Fsp3) is 0.533. The van der Waals surface area contributed by atoms with Crippen molar-refractivity contribution in [2.24, 2.45) is 5.92 Å². The lowest BCUT2D eigenvalue weighted by Crippen LogP contribution is -2.30. The van der Waals surface area contributed by atoms with Gasteiger partial charge in [-0.15, -0.1) is 0 Å². The maximum atomic E-state index is 14.1. The van der Waals surface area contributed by atoms with Crippen LogP contribution in [0.4, 0.5) is 4.39 Å². The summed E-state index contributed by atoms with van der Waals surface area (Å²) in [6, 6.07) is 2.11. The lowest BCUT2D eigenvalue weighted by Gasteiger charge is -2.27. The fourth-order valence-electron chi connectivity index (χ4n) is 2.54. The molecule has 5 nitrogen and oxygen atoms in total. The molecule has 23 heavy (non-hydrogen) atoms. The summed E-state index contributed by atoms with van der Waals surface area (Å²) in [5.41, 5.74) is -0.440. The zero-order valence-corrected chi connectivity index (χ0v) is 14.5. The summed E-state index contributed by atoms with van der Waals surface area (Å²) >= 11 is 6.04. The summed E-state index contributed by atoms with van der Waals surface area (Å²) in [7, 11) is -3.78.